The molecule has 1 aromatic heterocycles. The summed E-state index contributed by atoms with van der Waals surface area (Å²) >= 11 is 0. The van der Waals surface area contributed by atoms with Crippen LogP contribution in [0.15, 0.2) is 24.3 Å². The zero-order valence-electron chi connectivity index (χ0n) is 13.6. The monoisotopic (exact) mass is 392 g/mol. The minimum absolute atomic E-state index is 0.0731. The lowest BCUT2D eigenvalue weighted by Crippen LogP contribution is -2.57. The SMILES string of the molecule is O=C(CNc1cc(C(F)(F)F)nc2ccc(C(F)(F)F)cc12)NC1CNC1. The molecule has 1 aliphatic heterocycles. The Morgan fingerprint density at radius 2 is 1.81 bits per heavy atom. The summed E-state index contributed by atoms with van der Waals surface area (Å²) < 4.78 is 77.9. The number of fused-ring (bicyclic) bond motifs is 1. The van der Waals surface area contributed by atoms with Crippen LogP contribution >= 0.6 is 0 Å². The smallest absolute Gasteiger partial charge is 0.376 e. The number of benzene rings is 1. The van der Waals surface area contributed by atoms with Gasteiger partial charge in [0.1, 0.15) is 5.69 Å². The van der Waals surface area contributed by atoms with E-state index >= 15 is 0 Å². The number of carbonyl (C=O) groups excluding carboxylic acids is 1. The third-order valence-corrected chi connectivity index (χ3v) is 4.01. The van der Waals surface area contributed by atoms with Crippen LogP contribution in [0.4, 0.5) is 32.0 Å². The molecular weight excluding hydrogens is 378 g/mol. The van der Waals surface area contributed by atoms with Gasteiger partial charge in [-0.1, -0.05) is 0 Å². The maximum atomic E-state index is 13.0. The number of carbonyl (C=O) groups is 1. The van der Waals surface area contributed by atoms with Crippen molar-refractivity contribution in [2.24, 2.45) is 0 Å². The molecule has 0 atom stereocenters. The van der Waals surface area contributed by atoms with E-state index in [-0.39, 0.29) is 29.2 Å². The molecule has 0 bridgehead atoms. The molecule has 5 nitrogen and oxygen atoms in total. The van der Waals surface area contributed by atoms with Crippen LogP contribution < -0.4 is 16.0 Å². The van der Waals surface area contributed by atoms with Crippen molar-refractivity contribution >= 4 is 22.5 Å². The van der Waals surface area contributed by atoms with Gasteiger partial charge in [0.15, 0.2) is 0 Å². The lowest BCUT2D eigenvalue weighted by atomic mass is 10.1. The van der Waals surface area contributed by atoms with E-state index in [1.54, 1.807) is 0 Å². The quantitative estimate of drug-likeness (QED) is 0.701. The summed E-state index contributed by atoms with van der Waals surface area (Å²) in [5, 5.41) is 7.90. The molecule has 1 saturated heterocycles. The van der Waals surface area contributed by atoms with Crippen molar-refractivity contribution in [1.29, 1.82) is 0 Å². The fourth-order valence-electron chi connectivity index (χ4n) is 2.54. The summed E-state index contributed by atoms with van der Waals surface area (Å²) in [6.07, 6.45) is -9.45. The molecule has 146 valence electrons. The van der Waals surface area contributed by atoms with Gasteiger partial charge in [0.2, 0.25) is 5.91 Å². The molecular formula is C16H14F6N4O. The molecule has 0 radical (unpaired) electrons. The van der Waals surface area contributed by atoms with Gasteiger partial charge < -0.3 is 16.0 Å². The zero-order chi connectivity index (χ0) is 19.8. The summed E-state index contributed by atoms with van der Waals surface area (Å²) in [5.74, 6) is -0.480. The number of hydrogen-bond acceptors (Lipinski definition) is 4. The van der Waals surface area contributed by atoms with Crippen LogP contribution in [-0.4, -0.2) is 36.6 Å². The fourth-order valence-corrected chi connectivity index (χ4v) is 2.54. The second-order valence-electron chi connectivity index (χ2n) is 6.06. The molecule has 0 aliphatic carbocycles. The highest BCUT2D eigenvalue weighted by atomic mass is 19.4. The van der Waals surface area contributed by atoms with Gasteiger partial charge in [0, 0.05) is 24.2 Å². The largest absolute Gasteiger partial charge is 0.433 e. The first-order valence-corrected chi connectivity index (χ1v) is 7.87. The molecule has 0 saturated carbocycles. The summed E-state index contributed by atoms with van der Waals surface area (Å²) in [6, 6.07) is 2.77. The number of aromatic nitrogens is 1. The van der Waals surface area contributed by atoms with Crippen molar-refractivity contribution in [1.82, 2.24) is 15.6 Å². The molecule has 27 heavy (non-hydrogen) atoms. The summed E-state index contributed by atoms with van der Waals surface area (Å²) in [7, 11) is 0. The van der Waals surface area contributed by atoms with Gasteiger partial charge in [0.25, 0.3) is 0 Å². The zero-order valence-corrected chi connectivity index (χ0v) is 13.6. The molecule has 0 unspecified atom stereocenters. The van der Waals surface area contributed by atoms with Crippen molar-refractivity contribution in [3.05, 3.63) is 35.5 Å². The van der Waals surface area contributed by atoms with E-state index in [2.05, 4.69) is 20.9 Å². The van der Waals surface area contributed by atoms with E-state index < -0.39 is 29.5 Å². The van der Waals surface area contributed by atoms with Gasteiger partial charge >= 0.3 is 12.4 Å². The van der Waals surface area contributed by atoms with Gasteiger partial charge in [-0.3, -0.25) is 4.79 Å². The lowest BCUT2D eigenvalue weighted by molar-refractivity contribution is -0.141. The molecule has 1 amide bonds. The van der Waals surface area contributed by atoms with Crippen molar-refractivity contribution in [3.63, 3.8) is 0 Å². The maximum Gasteiger partial charge on any atom is 0.433 e. The minimum atomic E-state index is -4.78. The van der Waals surface area contributed by atoms with E-state index in [9.17, 15) is 31.1 Å². The van der Waals surface area contributed by atoms with Crippen molar-refractivity contribution in [3.8, 4) is 0 Å². The number of alkyl halides is 6. The Kier molecular flexibility index (Phi) is 4.89. The topological polar surface area (TPSA) is 66.0 Å². The Hall–Kier alpha value is -2.56. The molecule has 1 aliphatic rings. The number of pyridine rings is 1. The average Bonchev–Trinajstić information content (AvgIpc) is 2.53. The summed E-state index contributed by atoms with van der Waals surface area (Å²) in [4.78, 5) is 15.2. The molecule has 1 fully saturated rings. The van der Waals surface area contributed by atoms with Gasteiger partial charge in [-0.25, -0.2) is 4.98 Å². The first-order chi connectivity index (χ1) is 12.5. The molecule has 11 heteroatoms. The summed E-state index contributed by atoms with van der Waals surface area (Å²) in [5.41, 5.74) is -2.80. The van der Waals surface area contributed by atoms with E-state index in [1.807, 2.05) is 0 Å². The second kappa shape index (κ2) is 6.87. The van der Waals surface area contributed by atoms with Gasteiger partial charge in [-0.15, -0.1) is 0 Å². The van der Waals surface area contributed by atoms with Crippen LogP contribution in [0.5, 0.6) is 0 Å². The van der Waals surface area contributed by atoms with Crippen molar-refractivity contribution < 1.29 is 31.1 Å². The lowest BCUT2D eigenvalue weighted by Gasteiger charge is -2.28. The van der Waals surface area contributed by atoms with Crippen LogP contribution in [0.1, 0.15) is 11.3 Å². The van der Waals surface area contributed by atoms with Gasteiger partial charge in [0.05, 0.1) is 23.7 Å². The minimum Gasteiger partial charge on any atom is -0.376 e. The number of amides is 1. The van der Waals surface area contributed by atoms with E-state index in [0.29, 0.717) is 31.3 Å². The van der Waals surface area contributed by atoms with Crippen LogP contribution in [0.25, 0.3) is 10.9 Å². The molecule has 0 spiro atoms. The first-order valence-electron chi connectivity index (χ1n) is 7.87. The summed E-state index contributed by atoms with van der Waals surface area (Å²) in [6.45, 7) is 0.775. The fraction of sp³-hybridized carbons (Fsp3) is 0.375. The first kappa shape index (κ1) is 19.2. The number of nitrogens with one attached hydrogen (secondary N) is 3. The standard InChI is InChI=1S/C16H14F6N4O/c17-15(18,19)8-1-2-11-10(3-8)12(4-13(26-11)16(20,21)22)24-7-14(27)25-9-5-23-6-9/h1-4,9,23H,5-7H2,(H,24,26)(H,25,27). The Balaban J connectivity index is 1.94. The Bertz CT molecular complexity index is 860. The van der Waals surface area contributed by atoms with E-state index in [0.717, 1.165) is 6.07 Å². The maximum absolute atomic E-state index is 13.0. The average molecular weight is 392 g/mol. The molecule has 3 rings (SSSR count). The van der Waals surface area contributed by atoms with Gasteiger partial charge in [-0.2, -0.15) is 26.3 Å². The van der Waals surface area contributed by atoms with Crippen molar-refractivity contribution in [2.45, 2.75) is 18.4 Å². The molecule has 1 aromatic carbocycles. The molecule has 3 N–H and O–H groups in total. The predicted octanol–water partition coefficient (Wildman–Crippen LogP) is 2.77. The number of hydrogen-bond donors (Lipinski definition) is 3. The molecule has 2 aromatic rings. The normalized spacial score (nSPS) is 15.5. The number of halogens is 6. The van der Waals surface area contributed by atoms with E-state index in [4.69, 9.17) is 0 Å². The molecule has 2 heterocycles. The Labute approximate surface area is 149 Å². The van der Waals surface area contributed by atoms with E-state index in [1.165, 1.54) is 0 Å². The third kappa shape index (κ3) is 4.41. The van der Waals surface area contributed by atoms with Crippen LogP contribution in [0.2, 0.25) is 0 Å². The highest BCUT2D eigenvalue weighted by molar-refractivity contribution is 5.94. The van der Waals surface area contributed by atoms with Crippen molar-refractivity contribution in [2.75, 3.05) is 25.0 Å². The number of nitrogens with zero attached hydrogens (tertiary/aromatic N) is 1. The number of rotatable bonds is 4. The van der Waals surface area contributed by atoms with Crippen LogP contribution in [-0.2, 0) is 17.1 Å². The Morgan fingerprint density at radius 3 is 2.37 bits per heavy atom. The second-order valence-corrected chi connectivity index (χ2v) is 6.06. The third-order valence-electron chi connectivity index (χ3n) is 4.01. The highest BCUT2D eigenvalue weighted by Crippen LogP contribution is 2.36. The highest BCUT2D eigenvalue weighted by Gasteiger charge is 2.35. The van der Waals surface area contributed by atoms with Gasteiger partial charge in [-0.05, 0) is 24.3 Å². The number of anilines is 1. The predicted molar refractivity (Wildman–Crippen MR) is 85.0 cm³/mol. The van der Waals surface area contributed by atoms with Crippen LogP contribution in [0, 0.1) is 0 Å². The Morgan fingerprint density at radius 1 is 1.11 bits per heavy atom. The van der Waals surface area contributed by atoms with Crippen LogP contribution in [0.3, 0.4) is 0 Å².